The van der Waals surface area contributed by atoms with E-state index in [1.807, 2.05) is 22.6 Å². The van der Waals surface area contributed by atoms with Crippen LogP contribution in [-0.4, -0.2) is 24.2 Å². The fourth-order valence-corrected chi connectivity index (χ4v) is 2.77. The average Bonchev–Trinajstić information content (AvgIpc) is 3.25. The van der Waals surface area contributed by atoms with Gasteiger partial charge in [0, 0.05) is 16.7 Å². The van der Waals surface area contributed by atoms with E-state index in [4.69, 9.17) is 5.73 Å². The molecule has 1 aliphatic rings. The van der Waals surface area contributed by atoms with E-state index >= 15 is 0 Å². The van der Waals surface area contributed by atoms with Gasteiger partial charge in [0.25, 0.3) is 0 Å². The van der Waals surface area contributed by atoms with E-state index < -0.39 is 18.0 Å². The number of aliphatic hydroxyl groups is 1. The van der Waals surface area contributed by atoms with E-state index in [9.17, 15) is 14.3 Å². The molecule has 0 radical (unpaired) electrons. The molecule has 8 heteroatoms. The number of halogens is 3. The van der Waals surface area contributed by atoms with E-state index in [0.29, 0.717) is 15.1 Å². The molecule has 2 amide bonds. The van der Waals surface area contributed by atoms with Gasteiger partial charge in [-0.25, -0.2) is 9.18 Å². The van der Waals surface area contributed by atoms with Crippen molar-refractivity contribution in [1.29, 1.82) is 0 Å². The third-order valence-corrected chi connectivity index (χ3v) is 4.25. The minimum absolute atomic E-state index is 0. The van der Waals surface area contributed by atoms with Crippen molar-refractivity contribution in [3.63, 3.8) is 0 Å². The predicted molar refractivity (Wildman–Crippen MR) is 90.1 cm³/mol. The molecule has 0 heterocycles. The monoisotopic (exact) mass is 429 g/mol. The second-order valence-corrected chi connectivity index (χ2v) is 6.09. The summed E-state index contributed by atoms with van der Waals surface area (Å²) in [5.74, 6) is -0.271. The Morgan fingerprint density at radius 2 is 2.14 bits per heavy atom. The first-order valence-corrected chi connectivity index (χ1v) is 7.43. The Hall–Kier alpha value is -0.640. The zero-order chi connectivity index (χ0) is 14.9. The highest BCUT2D eigenvalue weighted by Gasteiger charge is 2.34. The van der Waals surface area contributed by atoms with Crippen molar-refractivity contribution in [1.82, 2.24) is 5.32 Å². The van der Waals surface area contributed by atoms with Crippen molar-refractivity contribution < 1.29 is 14.3 Å². The molecular formula is C13H18ClFIN3O2. The SMILES string of the molecule is CNC(=O)Nc1c(F)cc(C(O)C(N)C2CC2)cc1I.Cl. The highest BCUT2D eigenvalue weighted by Crippen LogP contribution is 2.37. The van der Waals surface area contributed by atoms with E-state index in [2.05, 4.69) is 10.6 Å². The molecule has 0 spiro atoms. The fraction of sp³-hybridized carbons (Fsp3) is 0.462. The molecule has 1 fully saturated rings. The van der Waals surface area contributed by atoms with Crippen molar-refractivity contribution in [2.24, 2.45) is 11.7 Å². The third kappa shape index (κ3) is 4.41. The van der Waals surface area contributed by atoms with Crippen molar-refractivity contribution in [2.45, 2.75) is 25.0 Å². The molecule has 1 aliphatic carbocycles. The Morgan fingerprint density at radius 1 is 1.52 bits per heavy atom. The normalized spacial score (nSPS) is 16.6. The van der Waals surface area contributed by atoms with Crippen LogP contribution in [0, 0.1) is 15.3 Å². The molecule has 2 atom stereocenters. The Bertz CT molecular complexity index is 505. The van der Waals surface area contributed by atoms with Gasteiger partial charge in [-0.2, -0.15) is 0 Å². The maximum atomic E-state index is 14.0. The molecule has 21 heavy (non-hydrogen) atoms. The van der Waals surface area contributed by atoms with Crippen molar-refractivity contribution in [3.05, 3.63) is 27.1 Å². The maximum Gasteiger partial charge on any atom is 0.319 e. The van der Waals surface area contributed by atoms with Crippen LogP contribution in [-0.2, 0) is 0 Å². The first kappa shape index (κ1) is 18.4. The molecule has 0 bridgehead atoms. The second kappa shape index (κ2) is 7.57. The molecule has 1 aromatic carbocycles. The summed E-state index contributed by atoms with van der Waals surface area (Å²) in [5, 5.41) is 14.9. The summed E-state index contributed by atoms with van der Waals surface area (Å²) in [6.45, 7) is 0. The van der Waals surface area contributed by atoms with Crippen LogP contribution in [0.15, 0.2) is 12.1 Å². The number of hydrogen-bond donors (Lipinski definition) is 4. The predicted octanol–water partition coefficient (Wildman–Crippen LogP) is 2.37. The number of amides is 2. The topological polar surface area (TPSA) is 87.4 Å². The number of benzene rings is 1. The van der Waals surface area contributed by atoms with Crippen molar-refractivity contribution in [3.8, 4) is 0 Å². The summed E-state index contributed by atoms with van der Waals surface area (Å²) in [5.41, 5.74) is 6.48. The van der Waals surface area contributed by atoms with E-state index in [1.165, 1.54) is 13.1 Å². The van der Waals surface area contributed by atoms with Gasteiger partial charge in [-0.05, 0) is 59.0 Å². The molecule has 0 aliphatic heterocycles. The van der Waals surface area contributed by atoms with Gasteiger partial charge in [-0.3, -0.25) is 0 Å². The van der Waals surface area contributed by atoms with Gasteiger partial charge in [0.05, 0.1) is 11.8 Å². The minimum atomic E-state index is -0.889. The number of anilines is 1. The average molecular weight is 430 g/mol. The highest BCUT2D eigenvalue weighted by molar-refractivity contribution is 14.1. The summed E-state index contributed by atoms with van der Waals surface area (Å²) in [6.07, 6.45) is 1.13. The largest absolute Gasteiger partial charge is 0.387 e. The number of aliphatic hydroxyl groups excluding tert-OH is 1. The molecule has 118 valence electrons. The lowest BCUT2D eigenvalue weighted by Crippen LogP contribution is -2.30. The van der Waals surface area contributed by atoms with Gasteiger partial charge in [0.15, 0.2) is 0 Å². The number of hydrogen-bond acceptors (Lipinski definition) is 3. The Kier molecular flexibility index (Phi) is 6.64. The third-order valence-electron chi connectivity index (χ3n) is 3.40. The molecule has 2 rings (SSSR count). The summed E-state index contributed by atoms with van der Waals surface area (Å²) in [7, 11) is 1.45. The Balaban J connectivity index is 0.00000220. The standard InChI is InChI=1S/C13H17FIN3O2.ClH/c1-17-13(20)18-11-8(14)4-7(5-9(11)15)12(19)10(16)6-2-3-6;/h4-6,10,12,19H,2-3,16H2,1H3,(H2,17,18,20);1H. The second-order valence-electron chi connectivity index (χ2n) is 4.92. The first-order valence-electron chi connectivity index (χ1n) is 6.35. The van der Waals surface area contributed by atoms with Gasteiger partial charge in [-0.1, -0.05) is 0 Å². The Morgan fingerprint density at radius 3 is 2.62 bits per heavy atom. The van der Waals surface area contributed by atoms with Gasteiger partial charge >= 0.3 is 6.03 Å². The zero-order valence-corrected chi connectivity index (χ0v) is 14.4. The van der Waals surface area contributed by atoms with Crippen molar-refractivity contribution in [2.75, 3.05) is 12.4 Å². The number of rotatable bonds is 4. The number of carbonyl (C=O) groups excluding carboxylic acids is 1. The molecule has 5 N–H and O–H groups in total. The van der Waals surface area contributed by atoms with Crippen LogP contribution < -0.4 is 16.4 Å². The lowest BCUT2D eigenvalue weighted by Gasteiger charge is -2.20. The first-order chi connectivity index (χ1) is 9.43. The molecule has 0 saturated heterocycles. The van der Waals surface area contributed by atoms with Gasteiger partial charge in [-0.15, -0.1) is 12.4 Å². The van der Waals surface area contributed by atoms with Crippen LogP contribution in [0.4, 0.5) is 14.9 Å². The summed E-state index contributed by atoms with van der Waals surface area (Å²) in [4.78, 5) is 11.2. The summed E-state index contributed by atoms with van der Waals surface area (Å²) >= 11 is 1.92. The molecular weight excluding hydrogens is 412 g/mol. The van der Waals surface area contributed by atoms with Crippen LogP contribution in [0.3, 0.4) is 0 Å². The van der Waals surface area contributed by atoms with Crippen LogP contribution in [0.2, 0.25) is 0 Å². The summed E-state index contributed by atoms with van der Waals surface area (Å²) in [6, 6.07) is 2.00. The lowest BCUT2D eigenvalue weighted by atomic mass is 9.99. The van der Waals surface area contributed by atoms with Crippen molar-refractivity contribution >= 4 is 46.7 Å². The fourth-order valence-electron chi connectivity index (χ4n) is 2.02. The number of nitrogens with two attached hydrogens (primary N) is 1. The minimum Gasteiger partial charge on any atom is -0.387 e. The number of urea groups is 1. The van der Waals surface area contributed by atoms with Crippen LogP contribution in [0.25, 0.3) is 0 Å². The van der Waals surface area contributed by atoms with Crippen LogP contribution >= 0.6 is 35.0 Å². The molecule has 0 aromatic heterocycles. The maximum absolute atomic E-state index is 14.0. The van der Waals surface area contributed by atoms with E-state index in [0.717, 1.165) is 12.8 Å². The Labute approximate surface area is 142 Å². The van der Waals surface area contributed by atoms with E-state index in [1.54, 1.807) is 6.07 Å². The molecule has 5 nitrogen and oxygen atoms in total. The lowest BCUT2D eigenvalue weighted by molar-refractivity contribution is 0.136. The highest BCUT2D eigenvalue weighted by atomic mass is 127. The van der Waals surface area contributed by atoms with Gasteiger partial charge in [0.1, 0.15) is 5.82 Å². The zero-order valence-electron chi connectivity index (χ0n) is 11.4. The number of nitrogens with one attached hydrogen (secondary N) is 2. The smallest absolute Gasteiger partial charge is 0.319 e. The number of carbonyl (C=O) groups is 1. The molecule has 2 unspecified atom stereocenters. The summed E-state index contributed by atoms with van der Waals surface area (Å²) < 4.78 is 14.6. The molecule has 1 saturated carbocycles. The van der Waals surface area contributed by atoms with Gasteiger partial charge in [0.2, 0.25) is 0 Å². The quantitative estimate of drug-likeness (QED) is 0.554. The van der Waals surface area contributed by atoms with Crippen LogP contribution in [0.5, 0.6) is 0 Å². The van der Waals surface area contributed by atoms with Crippen LogP contribution in [0.1, 0.15) is 24.5 Å². The van der Waals surface area contributed by atoms with Gasteiger partial charge < -0.3 is 21.5 Å². The molecule has 1 aromatic rings. The van der Waals surface area contributed by atoms with E-state index in [-0.39, 0.29) is 24.1 Å².